The highest BCUT2D eigenvalue weighted by atomic mass is 79.9. The summed E-state index contributed by atoms with van der Waals surface area (Å²) < 4.78 is 2.12. The molecule has 8 heteroatoms. The molecule has 0 atom stereocenters. The zero-order valence-corrected chi connectivity index (χ0v) is 11.7. The van der Waals surface area contributed by atoms with Gasteiger partial charge in [-0.15, -0.1) is 0 Å². The number of nitro groups is 1. The van der Waals surface area contributed by atoms with E-state index in [-0.39, 0.29) is 17.1 Å². The molecule has 2 aromatic rings. The van der Waals surface area contributed by atoms with Crippen LogP contribution in [-0.4, -0.2) is 19.7 Å². The Kier molecular flexibility index (Phi) is 3.31. The standard InChI is InChI=1S/C11H8BrN5O2/c1-6-9(12)7(2)16(15-6)11-10(17(18)19)8(5-13)3-4-14-11/h3-4H,1-2H3. The zero-order valence-electron chi connectivity index (χ0n) is 10.1. The molecule has 0 fully saturated rings. The molecule has 2 aromatic heterocycles. The van der Waals surface area contributed by atoms with Gasteiger partial charge in [0.15, 0.2) is 0 Å². The van der Waals surface area contributed by atoms with Crippen LogP contribution >= 0.6 is 15.9 Å². The van der Waals surface area contributed by atoms with E-state index in [1.54, 1.807) is 19.9 Å². The normalized spacial score (nSPS) is 10.2. The summed E-state index contributed by atoms with van der Waals surface area (Å²) in [5.41, 5.74) is 0.987. The molecule has 2 heterocycles. The first-order chi connectivity index (χ1) is 8.97. The summed E-state index contributed by atoms with van der Waals surface area (Å²) in [7, 11) is 0. The van der Waals surface area contributed by atoms with E-state index in [2.05, 4.69) is 26.0 Å². The Hall–Kier alpha value is -2.27. The van der Waals surface area contributed by atoms with Crippen molar-refractivity contribution in [1.82, 2.24) is 14.8 Å². The third kappa shape index (κ3) is 2.08. The average molecular weight is 322 g/mol. The lowest BCUT2D eigenvalue weighted by atomic mass is 10.2. The second-order valence-electron chi connectivity index (χ2n) is 3.80. The van der Waals surface area contributed by atoms with Gasteiger partial charge in [-0.05, 0) is 35.8 Å². The molecule has 0 saturated heterocycles. The second kappa shape index (κ2) is 4.78. The SMILES string of the molecule is Cc1nn(-c2nccc(C#N)c2[N+](=O)[O-])c(C)c1Br. The van der Waals surface area contributed by atoms with Gasteiger partial charge in [-0.3, -0.25) is 10.1 Å². The summed E-state index contributed by atoms with van der Waals surface area (Å²) in [6.45, 7) is 3.53. The molecule has 0 aliphatic carbocycles. The molecule has 0 aliphatic heterocycles. The summed E-state index contributed by atoms with van der Waals surface area (Å²) in [5, 5.41) is 24.3. The Morgan fingerprint density at radius 2 is 2.21 bits per heavy atom. The highest BCUT2D eigenvalue weighted by Gasteiger charge is 2.25. The predicted molar refractivity (Wildman–Crippen MR) is 69.9 cm³/mol. The Bertz CT molecular complexity index is 717. The fourth-order valence-electron chi connectivity index (χ4n) is 1.70. The molecule has 0 radical (unpaired) electrons. The quantitative estimate of drug-likeness (QED) is 0.625. The molecule has 19 heavy (non-hydrogen) atoms. The molecule has 0 aliphatic rings. The van der Waals surface area contributed by atoms with Crippen molar-refractivity contribution in [3.8, 4) is 11.9 Å². The number of halogens is 1. The number of nitriles is 1. The maximum absolute atomic E-state index is 11.1. The minimum atomic E-state index is -0.620. The molecule has 0 bridgehead atoms. The number of rotatable bonds is 2. The van der Waals surface area contributed by atoms with E-state index >= 15 is 0 Å². The Morgan fingerprint density at radius 3 is 2.68 bits per heavy atom. The number of nitrogens with zero attached hydrogens (tertiary/aromatic N) is 5. The third-order valence-corrected chi connectivity index (χ3v) is 3.76. The third-order valence-electron chi connectivity index (χ3n) is 2.61. The van der Waals surface area contributed by atoms with Crippen LogP contribution in [0.4, 0.5) is 5.69 Å². The van der Waals surface area contributed by atoms with E-state index in [1.807, 2.05) is 0 Å². The van der Waals surface area contributed by atoms with Gasteiger partial charge in [-0.25, -0.2) is 9.67 Å². The van der Waals surface area contributed by atoms with Crippen molar-refractivity contribution in [1.29, 1.82) is 5.26 Å². The van der Waals surface area contributed by atoms with E-state index < -0.39 is 4.92 Å². The van der Waals surface area contributed by atoms with Crippen molar-refractivity contribution in [2.24, 2.45) is 0 Å². The first kappa shape index (κ1) is 13.2. The number of hydrogen-bond acceptors (Lipinski definition) is 5. The van der Waals surface area contributed by atoms with E-state index in [1.165, 1.54) is 16.9 Å². The van der Waals surface area contributed by atoms with Crippen molar-refractivity contribution >= 4 is 21.6 Å². The minimum absolute atomic E-state index is 0.0374. The Morgan fingerprint density at radius 1 is 1.53 bits per heavy atom. The van der Waals surface area contributed by atoms with Crippen molar-refractivity contribution in [2.45, 2.75) is 13.8 Å². The van der Waals surface area contributed by atoms with Gasteiger partial charge in [0.2, 0.25) is 5.82 Å². The monoisotopic (exact) mass is 321 g/mol. The Balaban J connectivity index is 2.80. The van der Waals surface area contributed by atoms with Crippen LogP contribution in [0.15, 0.2) is 16.7 Å². The lowest BCUT2D eigenvalue weighted by molar-refractivity contribution is -0.385. The first-order valence-corrected chi connectivity index (χ1v) is 6.02. The molecule has 2 rings (SSSR count). The summed E-state index contributed by atoms with van der Waals surface area (Å²) in [5.74, 6) is 0.0374. The van der Waals surface area contributed by atoms with Gasteiger partial charge in [-0.1, -0.05) is 0 Å². The number of aryl methyl sites for hydroxylation is 1. The van der Waals surface area contributed by atoms with Gasteiger partial charge in [0, 0.05) is 6.20 Å². The van der Waals surface area contributed by atoms with Crippen molar-refractivity contribution in [3.05, 3.63) is 43.8 Å². The fraction of sp³-hybridized carbons (Fsp3) is 0.182. The predicted octanol–water partition coefficient (Wildman–Crippen LogP) is 2.43. The van der Waals surface area contributed by atoms with Crippen LogP contribution in [-0.2, 0) is 0 Å². The maximum Gasteiger partial charge on any atom is 0.331 e. The molecule has 0 spiro atoms. The van der Waals surface area contributed by atoms with Gasteiger partial charge in [0.25, 0.3) is 0 Å². The van der Waals surface area contributed by atoms with Gasteiger partial charge >= 0.3 is 5.69 Å². The highest BCUT2D eigenvalue weighted by molar-refractivity contribution is 9.10. The van der Waals surface area contributed by atoms with Crippen molar-refractivity contribution in [2.75, 3.05) is 0 Å². The van der Waals surface area contributed by atoms with Gasteiger partial charge in [0.05, 0.1) is 20.8 Å². The smallest absolute Gasteiger partial charge is 0.258 e. The van der Waals surface area contributed by atoms with Gasteiger partial charge in [0.1, 0.15) is 11.6 Å². The summed E-state index contributed by atoms with van der Waals surface area (Å²) >= 11 is 3.35. The van der Waals surface area contributed by atoms with E-state index in [4.69, 9.17) is 5.26 Å². The van der Waals surface area contributed by atoms with Crippen LogP contribution in [0.5, 0.6) is 0 Å². The summed E-state index contributed by atoms with van der Waals surface area (Å²) in [6.07, 6.45) is 1.35. The Labute approximate surface area is 116 Å². The second-order valence-corrected chi connectivity index (χ2v) is 4.59. The average Bonchev–Trinajstić information content (AvgIpc) is 2.65. The molecule has 7 nitrogen and oxygen atoms in total. The van der Waals surface area contributed by atoms with Crippen molar-refractivity contribution < 1.29 is 4.92 Å². The number of aromatic nitrogens is 3. The lowest BCUT2D eigenvalue weighted by Gasteiger charge is -2.04. The zero-order chi connectivity index (χ0) is 14.2. The molecule has 96 valence electrons. The lowest BCUT2D eigenvalue weighted by Crippen LogP contribution is -2.07. The molecular formula is C11H8BrN5O2. The van der Waals surface area contributed by atoms with E-state index in [0.29, 0.717) is 11.4 Å². The highest BCUT2D eigenvalue weighted by Crippen LogP contribution is 2.28. The summed E-state index contributed by atoms with van der Waals surface area (Å²) in [6, 6.07) is 3.10. The van der Waals surface area contributed by atoms with E-state index in [0.717, 1.165) is 4.47 Å². The minimum Gasteiger partial charge on any atom is -0.258 e. The van der Waals surface area contributed by atoms with Crippen LogP contribution in [0.25, 0.3) is 5.82 Å². The largest absolute Gasteiger partial charge is 0.331 e. The van der Waals surface area contributed by atoms with Crippen LogP contribution in [0.1, 0.15) is 17.0 Å². The first-order valence-electron chi connectivity index (χ1n) is 5.23. The molecule has 0 amide bonds. The van der Waals surface area contributed by atoms with Gasteiger partial charge in [-0.2, -0.15) is 10.4 Å². The van der Waals surface area contributed by atoms with Crippen molar-refractivity contribution in [3.63, 3.8) is 0 Å². The van der Waals surface area contributed by atoms with Gasteiger partial charge < -0.3 is 0 Å². The van der Waals surface area contributed by atoms with E-state index in [9.17, 15) is 10.1 Å². The number of hydrogen-bond donors (Lipinski definition) is 0. The topological polar surface area (TPSA) is 97.6 Å². The maximum atomic E-state index is 11.1. The van der Waals surface area contributed by atoms with Crippen LogP contribution in [0, 0.1) is 35.3 Å². The molecule has 0 unspecified atom stereocenters. The van der Waals surface area contributed by atoms with Crippen LogP contribution < -0.4 is 0 Å². The summed E-state index contributed by atoms with van der Waals surface area (Å²) in [4.78, 5) is 14.5. The molecule has 0 saturated carbocycles. The molecular weight excluding hydrogens is 314 g/mol. The molecule has 0 N–H and O–H groups in total. The van der Waals surface area contributed by atoms with Crippen LogP contribution in [0.2, 0.25) is 0 Å². The number of pyridine rings is 1. The fourth-order valence-corrected chi connectivity index (χ4v) is 1.95. The van der Waals surface area contributed by atoms with Crippen LogP contribution in [0.3, 0.4) is 0 Å². The molecule has 0 aromatic carbocycles.